The fraction of sp³-hybridized carbons (Fsp3) is 0.619. The van der Waals surface area contributed by atoms with Crippen LogP contribution in [0.15, 0.2) is 12.1 Å². The number of carbonyl (C=O) groups excluding carboxylic acids is 2. The average Bonchev–Trinajstić information content (AvgIpc) is 2.69. The highest BCUT2D eigenvalue weighted by atomic mass is 35.5. The summed E-state index contributed by atoms with van der Waals surface area (Å²) in [6.45, 7) is -0.559. The van der Waals surface area contributed by atoms with Crippen molar-refractivity contribution in [3.05, 3.63) is 28.5 Å². The molecule has 5 rings (SSSR count). The van der Waals surface area contributed by atoms with Crippen LogP contribution in [0.1, 0.15) is 42.5 Å². The number of carbonyl (C=O) groups is 2. The molecule has 0 heterocycles. The third-order valence-corrected chi connectivity index (χ3v) is 7.85. The Bertz CT molecular complexity index is 1010. The van der Waals surface area contributed by atoms with Crippen LogP contribution in [0.4, 0.5) is 4.39 Å². The number of hydrogen-bond acceptors (Lipinski definition) is 6. The summed E-state index contributed by atoms with van der Waals surface area (Å²) in [4.78, 5) is 24.6. The molecule has 7 nitrogen and oxygen atoms in total. The molecule has 4 aliphatic carbocycles. The molecule has 1 aromatic carbocycles. The maximum absolute atomic E-state index is 14.6. The Kier molecular flexibility index (Phi) is 5.81. The van der Waals surface area contributed by atoms with E-state index >= 15 is 0 Å². The van der Waals surface area contributed by atoms with E-state index in [4.69, 9.17) is 21.1 Å². The van der Waals surface area contributed by atoms with Crippen LogP contribution in [0.2, 0.25) is 5.02 Å². The van der Waals surface area contributed by atoms with Crippen LogP contribution in [0.3, 0.4) is 0 Å². The lowest BCUT2D eigenvalue weighted by atomic mass is 9.48. The fourth-order valence-corrected chi connectivity index (χ4v) is 6.51. The number of nitrogens with one attached hydrogen (secondary N) is 1. The number of hydrogen-bond donors (Lipinski definition) is 1. The number of Topliss-reactive ketones (excluding diaryl/α,β-unsaturated/α-hetero) is 1. The second-order valence-electron chi connectivity index (χ2n) is 9.10. The molecule has 4 saturated carbocycles. The molecule has 0 amide bonds. The zero-order chi connectivity index (χ0) is 22.6. The van der Waals surface area contributed by atoms with Gasteiger partial charge in [-0.25, -0.2) is 17.5 Å². The van der Waals surface area contributed by atoms with Gasteiger partial charge in [-0.3, -0.25) is 9.59 Å². The summed E-state index contributed by atoms with van der Waals surface area (Å²) in [7, 11) is -2.16. The molecule has 1 aromatic rings. The highest BCUT2D eigenvalue weighted by Crippen LogP contribution is 2.61. The predicted molar refractivity (Wildman–Crippen MR) is 111 cm³/mol. The van der Waals surface area contributed by atoms with Gasteiger partial charge >= 0.3 is 5.97 Å². The van der Waals surface area contributed by atoms with Crippen molar-refractivity contribution in [2.75, 3.05) is 19.9 Å². The van der Waals surface area contributed by atoms with E-state index in [2.05, 4.69) is 0 Å². The summed E-state index contributed by atoms with van der Waals surface area (Å²) in [5.74, 6) is -0.780. The van der Waals surface area contributed by atoms with Crippen molar-refractivity contribution in [2.45, 2.75) is 38.2 Å². The van der Waals surface area contributed by atoms with Gasteiger partial charge in [-0.15, -0.1) is 0 Å². The number of methoxy groups -OCH3 is 1. The Morgan fingerprint density at radius 2 is 1.87 bits per heavy atom. The number of ketones is 1. The maximum atomic E-state index is 14.6. The molecule has 4 aliphatic rings. The van der Waals surface area contributed by atoms with Gasteiger partial charge in [-0.1, -0.05) is 11.6 Å². The highest BCUT2D eigenvalue weighted by molar-refractivity contribution is 7.88. The van der Waals surface area contributed by atoms with Gasteiger partial charge in [0.25, 0.3) is 0 Å². The first-order chi connectivity index (χ1) is 14.5. The molecule has 170 valence electrons. The molecule has 2 atom stereocenters. The maximum Gasteiger partial charge on any atom is 0.311 e. The molecular weight excluding hydrogens is 449 g/mol. The van der Waals surface area contributed by atoms with Gasteiger partial charge in [0.15, 0.2) is 5.78 Å². The molecule has 0 aliphatic heterocycles. The Balaban J connectivity index is 1.51. The lowest BCUT2D eigenvalue weighted by molar-refractivity contribution is -0.179. The molecule has 1 N–H and O–H groups in total. The van der Waals surface area contributed by atoms with Gasteiger partial charge in [0.05, 0.1) is 35.9 Å². The van der Waals surface area contributed by atoms with Crippen LogP contribution < -0.4 is 9.46 Å². The monoisotopic (exact) mass is 473 g/mol. The van der Waals surface area contributed by atoms with Crippen LogP contribution in [-0.2, 0) is 19.6 Å². The van der Waals surface area contributed by atoms with Crippen molar-refractivity contribution in [1.82, 2.24) is 4.72 Å². The largest absolute Gasteiger partial charge is 0.488 e. The molecule has 2 unspecified atom stereocenters. The second-order valence-corrected chi connectivity index (χ2v) is 11.3. The van der Waals surface area contributed by atoms with Gasteiger partial charge < -0.3 is 9.47 Å². The van der Waals surface area contributed by atoms with Crippen molar-refractivity contribution in [3.63, 3.8) is 0 Å². The molecule has 4 fully saturated rings. The standard InChI is InChI=1S/C21H25ClFNO6S/c1-29-20(26)21-7-11-3-12(8-21)19(13(4-11)9-21)30-18-6-16(23)14(5-15(18)22)17(25)10-24-31(2,27)28/h5-6,11-13,19,24H,3-4,7-10H2,1-2H3. The Hall–Kier alpha value is -1.71. The van der Waals surface area contributed by atoms with E-state index in [1.165, 1.54) is 13.2 Å². The Morgan fingerprint density at radius 3 is 2.45 bits per heavy atom. The Morgan fingerprint density at radius 1 is 1.23 bits per heavy atom. The van der Waals surface area contributed by atoms with E-state index in [-0.39, 0.29) is 40.2 Å². The van der Waals surface area contributed by atoms with Crippen LogP contribution in [0, 0.1) is 29.0 Å². The Labute approximate surface area is 185 Å². The van der Waals surface area contributed by atoms with Gasteiger partial charge in [0.1, 0.15) is 17.7 Å². The molecule has 10 heteroatoms. The first-order valence-corrected chi connectivity index (χ1v) is 12.5. The topological polar surface area (TPSA) is 98.8 Å². The zero-order valence-electron chi connectivity index (χ0n) is 17.3. The average molecular weight is 474 g/mol. The third-order valence-electron chi connectivity index (χ3n) is 6.89. The minimum absolute atomic E-state index is 0.0839. The van der Waals surface area contributed by atoms with Crippen LogP contribution in [-0.4, -0.2) is 46.2 Å². The number of sulfonamides is 1. The van der Waals surface area contributed by atoms with E-state index in [0.717, 1.165) is 31.6 Å². The van der Waals surface area contributed by atoms with Crippen molar-refractivity contribution in [2.24, 2.45) is 23.2 Å². The van der Waals surface area contributed by atoms with Gasteiger partial charge in [-0.05, 0) is 55.9 Å². The van der Waals surface area contributed by atoms with E-state index in [1.807, 2.05) is 4.72 Å². The van der Waals surface area contributed by atoms with Gasteiger partial charge in [0.2, 0.25) is 10.0 Å². The number of benzene rings is 1. The fourth-order valence-electron chi connectivity index (χ4n) is 5.91. The highest BCUT2D eigenvalue weighted by Gasteiger charge is 2.60. The molecule has 0 aromatic heterocycles. The zero-order valence-corrected chi connectivity index (χ0v) is 18.9. The SMILES string of the molecule is COC(=O)C12CC3CC(C1)C(Oc1cc(F)c(C(=O)CNS(C)(=O)=O)cc1Cl)C(C3)C2. The number of halogens is 2. The molecule has 31 heavy (non-hydrogen) atoms. The number of esters is 1. The smallest absolute Gasteiger partial charge is 0.311 e. The summed E-state index contributed by atoms with van der Waals surface area (Å²) in [6.07, 6.45) is 4.86. The lowest BCUT2D eigenvalue weighted by Crippen LogP contribution is -2.58. The molecular formula is C21H25ClFNO6S. The first-order valence-electron chi connectivity index (χ1n) is 10.2. The van der Waals surface area contributed by atoms with Gasteiger partial charge in [-0.2, -0.15) is 0 Å². The van der Waals surface area contributed by atoms with E-state index in [9.17, 15) is 22.4 Å². The van der Waals surface area contributed by atoms with Crippen molar-refractivity contribution >= 4 is 33.4 Å². The van der Waals surface area contributed by atoms with E-state index < -0.39 is 33.6 Å². The van der Waals surface area contributed by atoms with Crippen molar-refractivity contribution < 1.29 is 31.9 Å². The van der Waals surface area contributed by atoms with Crippen molar-refractivity contribution in [3.8, 4) is 5.75 Å². The molecule has 0 spiro atoms. The third kappa shape index (κ3) is 4.32. The normalized spacial score (nSPS) is 31.5. The van der Waals surface area contributed by atoms with E-state index in [1.54, 1.807) is 0 Å². The summed E-state index contributed by atoms with van der Waals surface area (Å²) in [6, 6.07) is 2.25. The summed E-state index contributed by atoms with van der Waals surface area (Å²) in [5, 5.41) is 0.0839. The second kappa shape index (κ2) is 8.01. The van der Waals surface area contributed by atoms with Crippen LogP contribution >= 0.6 is 11.6 Å². The number of ether oxygens (including phenoxy) is 2. The molecule has 4 bridgehead atoms. The van der Waals surface area contributed by atoms with Crippen LogP contribution in [0.25, 0.3) is 0 Å². The van der Waals surface area contributed by atoms with Gasteiger partial charge in [0, 0.05) is 6.07 Å². The minimum Gasteiger partial charge on any atom is -0.488 e. The molecule has 0 radical (unpaired) electrons. The predicted octanol–water partition coefficient (Wildman–Crippen LogP) is 2.96. The summed E-state index contributed by atoms with van der Waals surface area (Å²) < 4.78 is 50.2. The first kappa shape index (κ1) is 22.5. The summed E-state index contributed by atoms with van der Waals surface area (Å²) in [5.41, 5.74) is -0.744. The minimum atomic E-state index is -3.58. The number of rotatable bonds is 7. The van der Waals surface area contributed by atoms with Crippen molar-refractivity contribution in [1.29, 1.82) is 0 Å². The lowest BCUT2D eigenvalue weighted by Gasteiger charge is -2.58. The summed E-state index contributed by atoms with van der Waals surface area (Å²) >= 11 is 6.29. The quantitative estimate of drug-likeness (QED) is 0.483. The van der Waals surface area contributed by atoms with Crippen LogP contribution in [0.5, 0.6) is 5.75 Å². The van der Waals surface area contributed by atoms with E-state index in [0.29, 0.717) is 18.8 Å². The molecule has 0 saturated heterocycles.